The number of benzene rings is 1. The van der Waals surface area contributed by atoms with E-state index in [-0.39, 0.29) is 17.5 Å². The van der Waals surface area contributed by atoms with Crippen LogP contribution in [0.4, 0.5) is 0 Å². The van der Waals surface area contributed by atoms with Crippen LogP contribution >= 0.6 is 23.2 Å². The standard InChI is InChI=1S/C14H21Cl2NO2S/c1-3-17-13(9-6-10-20(18,19)4-2)11-7-5-8-12(15)14(11)16/h5,7-8,13,17H,3-4,6,9-10H2,1-2H3. The quantitative estimate of drug-likeness (QED) is 0.783. The molecule has 1 rings (SSSR count). The fraction of sp³-hybridized carbons (Fsp3) is 0.571. The summed E-state index contributed by atoms with van der Waals surface area (Å²) in [5, 5.41) is 4.40. The first kappa shape index (κ1) is 17.8. The summed E-state index contributed by atoms with van der Waals surface area (Å²) in [5.74, 6) is 0.403. The zero-order valence-electron chi connectivity index (χ0n) is 11.8. The lowest BCUT2D eigenvalue weighted by Crippen LogP contribution is -2.22. The van der Waals surface area contributed by atoms with Crippen molar-refractivity contribution in [3.05, 3.63) is 33.8 Å². The van der Waals surface area contributed by atoms with Crippen molar-refractivity contribution in [2.75, 3.05) is 18.1 Å². The van der Waals surface area contributed by atoms with Gasteiger partial charge in [0.15, 0.2) is 0 Å². The predicted octanol–water partition coefficient (Wildman–Crippen LogP) is 3.86. The second kappa shape index (κ2) is 8.23. The molecule has 0 fully saturated rings. The minimum atomic E-state index is -2.92. The molecule has 114 valence electrons. The van der Waals surface area contributed by atoms with Crippen molar-refractivity contribution in [2.24, 2.45) is 0 Å². The van der Waals surface area contributed by atoms with Gasteiger partial charge in [-0.05, 0) is 31.0 Å². The second-order valence-corrected chi connectivity index (χ2v) is 7.89. The van der Waals surface area contributed by atoms with Crippen LogP contribution in [0.2, 0.25) is 10.0 Å². The Kier molecular flexibility index (Phi) is 7.30. The second-order valence-electron chi connectivity index (χ2n) is 4.63. The van der Waals surface area contributed by atoms with Gasteiger partial charge in [0.05, 0.1) is 15.8 Å². The highest BCUT2D eigenvalue weighted by molar-refractivity contribution is 7.91. The van der Waals surface area contributed by atoms with Crippen molar-refractivity contribution in [3.8, 4) is 0 Å². The van der Waals surface area contributed by atoms with Crippen LogP contribution in [0.3, 0.4) is 0 Å². The van der Waals surface area contributed by atoms with E-state index in [9.17, 15) is 8.42 Å². The van der Waals surface area contributed by atoms with Gasteiger partial charge in [-0.15, -0.1) is 0 Å². The summed E-state index contributed by atoms with van der Waals surface area (Å²) in [6.45, 7) is 4.47. The van der Waals surface area contributed by atoms with Gasteiger partial charge in [-0.1, -0.05) is 49.2 Å². The summed E-state index contributed by atoms with van der Waals surface area (Å²) in [5.41, 5.74) is 0.926. The van der Waals surface area contributed by atoms with E-state index in [4.69, 9.17) is 23.2 Å². The van der Waals surface area contributed by atoms with Crippen molar-refractivity contribution in [1.29, 1.82) is 0 Å². The largest absolute Gasteiger partial charge is 0.310 e. The molecule has 1 aromatic rings. The average Bonchev–Trinajstić information content (AvgIpc) is 2.41. The Morgan fingerprint density at radius 1 is 1.25 bits per heavy atom. The van der Waals surface area contributed by atoms with Gasteiger partial charge in [-0.2, -0.15) is 0 Å². The minimum absolute atomic E-state index is 0.0262. The molecule has 20 heavy (non-hydrogen) atoms. The van der Waals surface area contributed by atoms with Gasteiger partial charge in [-0.3, -0.25) is 0 Å². The summed E-state index contributed by atoms with van der Waals surface area (Å²) in [6, 6.07) is 5.56. The average molecular weight is 338 g/mol. The Hall–Kier alpha value is -0.290. The van der Waals surface area contributed by atoms with Gasteiger partial charge < -0.3 is 5.32 Å². The fourth-order valence-electron chi connectivity index (χ4n) is 2.06. The molecule has 1 N–H and O–H groups in total. The molecule has 0 aliphatic rings. The Morgan fingerprint density at radius 3 is 2.55 bits per heavy atom. The third-order valence-corrected chi connectivity index (χ3v) is 5.82. The lowest BCUT2D eigenvalue weighted by atomic mass is 10.0. The van der Waals surface area contributed by atoms with E-state index in [1.54, 1.807) is 13.0 Å². The lowest BCUT2D eigenvalue weighted by molar-refractivity contribution is 0.507. The van der Waals surface area contributed by atoms with E-state index in [0.717, 1.165) is 12.1 Å². The smallest absolute Gasteiger partial charge is 0.150 e. The highest BCUT2D eigenvalue weighted by Crippen LogP contribution is 2.31. The summed E-state index contributed by atoms with van der Waals surface area (Å²) >= 11 is 12.3. The van der Waals surface area contributed by atoms with Crippen molar-refractivity contribution in [3.63, 3.8) is 0 Å². The highest BCUT2D eigenvalue weighted by atomic mass is 35.5. The third kappa shape index (κ3) is 5.24. The topological polar surface area (TPSA) is 46.2 Å². The van der Waals surface area contributed by atoms with Crippen LogP contribution in [-0.4, -0.2) is 26.5 Å². The lowest BCUT2D eigenvalue weighted by Gasteiger charge is -2.20. The maximum atomic E-state index is 11.5. The molecule has 0 bridgehead atoms. The van der Waals surface area contributed by atoms with Gasteiger partial charge in [0.2, 0.25) is 0 Å². The Morgan fingerprint density at radius 2 is 1.95 bits per heavy atom. The number of sulfone groups is 1. The van der Waals surface area contributed by atoms with Crippen molar-refractivity contribution in [1.82, 2.24) is 5.32 Å². The van der Waals surface area contributed by atoms with E-state index in [1.165, 1.54) is 0 Å². The Labute approximate surface area is 131 Å². The third-order valence-electron chi connectivity index (χ3n) is 3.20. The molecule has 0 saturated carbocycles. The molecule has 1 atom stereocenters. The van der Waals surface area contributed by atoms with Crippen LogP contribution < -0.4 is 5.32 Å². The molecule has 1 unspecified atom stereocenters. The number of halogens is 2. The molecule has 0 aromatic heterocycles. The van der Waals surface area contributed by atoms with E-state index in [1.807, 2.05) is 19.1 Å². The number of nitrogens with one attached hydrogen (secondary N) is 1. The fourth-order valence-corrected chi connectivity index (χ4v) is 3.39. The molecule has 0 aliphatic carbocycles. The molecule has 3 nitrogen and oxygen atoms in total. The summed E-state index contributed by atoms with van der Waals surface area (Å²) in [7, 11) is -2.92. The first-order valence-electron chi connectivity index (χ1n) is 6.79. The van der Waals surface area contributed by atoms with E-state index >= 15 is 0 Å². The zero-order valence-corrected chi connectivity index (χ0v) is 14.2. The minimum Gasteiger partial charge on any atom is -0.310 e. The first-order valence-corrected chi connectivity index (χ1v) is 9.36. The number of rotatable bonds is 8. The predicted molar refractivity (Wildman–Crippen MR) is 86.4 cm³/mol. The monoisotopic (exact) mass is 337 g/mol. The van der Waals surface area contributed by atoms with E-state index < -0.39 is 9.84 Å². The van der Waals surface area contributed by atoms with Crippen LogP contribution in [0.1, 0.15) is 38.3 Å². The first-order chi connectivity index (χ1) is 9.41. The van der Waals surface area contributed by atoms with Gasteiger partial charge in [-0.25, -0.2) is 8.42 Å². The van der Waals surface area contributed by atoms with Crippen LogP contribution in [0.15, 0.2) is 18.2 Å². The number of hydrogen-bond acceptors (Lipinski definition) is 3. The molecular formula is C14H21Cl2NO2S. The normalized spacial score (nSPS) is 13.4. The van der Waals surface area contributed by atoms with Crippen molar-refractivity contribution in [2.45, 2.75) is 32.7 Å². The maximum absolute atomic E-state index is 11.5. The van der Waals surface area contributed by atoms with Crippen molar-refractivity contribution >= 4 is 33.0 Å². The molecule has 0 amide bonds. The van der Waals surface area contributed by atoms with E-state index in [0.29, 0.717) is 22.9 Å². The molecular weight excluding hydrogens is 317 g/mol. The van der Waals surface area contributed by atoms with Gasteiger partial charge in [0.1, 0.15) is 9.84 Å². The van der Waals surface area contributed by atoms with Crippen LogP contribution in [0.5, 0.6) is 0 Å². The number of hydrogen-bond donors (Lipinski definition) is 1. The van der Waals surface area contributed by atoms with Crippen LogP contribution in [-0.2, 0) is 9.84 Å². The summed E-state index contributed by atoms with van der Waals surface area (Å²) in [6.07, 6.45) is 1.32. The summed E-state index contributed by atoms with van der Waals surface area (Å²) in [4.78, 5) is 0. The molecule has 0 saturated heterocycles. The molecule has 0 aliphatic heterocycles. The summed E-state index contributed by atoms with van der Waals surface area (Å²) < 4.78 is 23.1. The molecule has 0 radical (unpaired) electrons. The van der Waals surface area contributed by atoms with Gasteiger partial charge >= 0.3 is 0 Å². The maximum Gasteiger partial charge on any atom is 0.150 e. The highest BCUT2D eigenvalue weighted by Gasteiger charge is 2.16. The Bertz CT molecular complexity index is 532. The van der Waals surface area contributed by atoms with Gasteiger partial charge in [0, 0.05) is 11.8 Å². The van der Waals surface area contributed by atoms with Gasteiger partial charge in [0.25, 0.3) is 0 Å². The SMILES string of the molecule is CCNC(CCCS(=O)(=O)CC)c1cccc(Cl)c1Cl. The Balaban J connectivity index is 2.77. The molecule has 0 spiro atoms. The molecule has 6 heteroatoms. The van der Waals surface area contributed by atoms with E-state index in [2.05, 4.69) is 5.32 Å². The van der Waals surface area contributed by atoms with Crippen molar-refractivity contribution < 1.29 is 8.42 Å². The van der Waals surface area contributed by atoms with Crippen LogP contribution in [0, 0.1) is 0 Å². The molecule has 1 aromatic carbocycles. The van der Waals surface area contributed by atoms with Crippen LogP contribution in [0.25, 0.3) is 0 Å². The molecule has 0 heterocycles. The zero-order chi connectivity index (χ0) is 15.2.